The monoisotopic (exact) mass is 373 g/mol. The van der Waals surface area contributed by atoms with E-state index in [0.29, 0.717) is 29.7 Å². The average Bonchev–Trinajstić information content (AvgIpc) is 3.15. The number of ether oxygens (including phenoxy) is 1. The summed E-state index contributed by atoms with van der Waals surface area (Å²) >= 11 is 0. The number of benzene rings is 2. The fourth-order valence-electron chi connectivity index (χ4n) is 2.78. The van der Waals surface area contributed by atoms with Crippen LogP contribution >= 0.6 is 0 Å². The number of carbonyl (C=O) groups is 1. The Hall–Kier alpha value is -3.87. The number of rotatable bonds is 6. The molecule has 0 saturated heterocycles. The summed E-state index contributed by atoms with van der Waals surface area (Å²) in [5.41, 5.74) is 3.17. The quantitative estimate of drug-likeness (QED) is 0.479. The summed E-state index contributed by atoms with van der Waals surface area (Å²) in [6.07, 6.45) is 1.54. The highest BCUT2D eigenvalue weighted by molar-refractivity contribution is 5.92. The summed E-state index contributed by atoms with van der Waals surface area (Å²) in [4.78, 5) is 23.5. The third-order valence-electron chi connectivity index (χ3n) is 4.18. The van der Waals surface area contributed by atoms with Gasteiger partial charge in [-0.2, -0.15) is 0 Å². The van der Waals surface area contributed by atoms with Crippen LogP contribution in [0, 0.1) is 0 Å². The number of aromatic nitrogens is 3. The Morgan fingerprint density at radius 2 is 1.89 bits per heavy atom. The number of nitrogens with zero attached hydrogens (tertiary/aromatic N) is 2. The van der Waals surface area contributed by atoms with Crippen molar-refractivity contribution in [2.45, 2.75) is 6.54 Å². The first-order chi connectivity index (χ1) is 13.7. The molecule has 0 spiro atoms. The Morgan fingerprint density at radius 1 is 1.07 bits per heavy atom. The number of pyridine rings is 1. The van der Waals surface area contributed by atoms with Crippen LogP contribution in [0.15, 0.2) is 66.9 Å². The van der Waals surface area contributed by atoms with Gasteiger partial charge in [-0.3, -0.25) is 9.78 Å². The molecule has 7 nitrogen and oxygen atoms in total. The standard InChI is InChI=1S/C21H19N5O2/c1-22-20(27)19-12-16(9-10-23-19)28-15-7-8-17-18(11-15)26-21(25-17)24-13-14-5-3-2-4-6-14/h2-12H,13H2,1H3,(H,22,27)(H2,24,25,26). The van der Waals surface area contributed by atoms with Gasteiger partial charge in [-0.25, -0.2) is 4.98 Å². The van der Waals surface area contributed by atoms with Crippen molar-refractivity contribution in [3.05, 3.63) is 78.1 Å². The summed E-state index contributed by atoms with van der Waals surface area (Å²) in [6, 6.07) is 19.0. The zero-order valence-corrected chi connectivity index (χ0v) is 15.3. The lowest BCUT2D eigenvalue weighted by atomic mass is 10.2. The van der Waals surface area contributed by atoms with Gasteiger partial charge in [0.2, 0.25) is 5.95 Å². The van der Waals surface area contributed by atoms with E-state index in [1.165, 1.54) is 5.56 Å². The second-order valence-electron chi connectivity index (χ2n) is 6.16. The second-order valence-corrected chi connectivity index (χ2v) is 6.16. The zero-order chi connectivity index (χ0) is 19.3. The fourth-order valence-corrected chi connectivity index (χ4v) is 2.78. The van der Waals surface area contributed by atoms with Gasteiger partial charge in [0.05, 0.1) is 11.0 Å². The molecule has 0 unspecified atom stereocenters. The van der Waals surface area contributed by atoms with Gasteiger partial charge in [0, 0.05) is 31.9 Å². The topological polar surface area (TPSA) is 91.9 Å². The van der Waals surface area contributed by atoms with Crippen molar-refractivity contribution >= 4 is 22.9 Å². The van der Waals surface area contributed by atoms with Gasteiger partial charge in [0.25, 0.3) is 5.91 Å². The summed E-state index contributed by atoms with van der Waals surface area (Å²) in [7, 11) is 1.56. The van der Waals surface area contributed by atoms with Crippen LogP contribution in [0.25, 0.3) is 11.0 Å². The summed E-state index contributed by atoms with van der Waals surface area (Å²) in [6.45, 7) is 0.684. The molecule has 140 valence electrons. The van der Waals surface area contributed by atoms with E-state index in [1.54, 1.807) is 25.4 Å². The van der Waals surface area contributed by atoms with Crippen LogP contribution in [0.5, 0.6) is 11.5 Å². The van der Waals surface area contributed by atoms with E-state index in [-0.39, 0.29) is 5.91 Å². The van der Waals surface area contributed by atoms with E-state index in [9.17, 15) is 4.79 Å². The lowest BCUT2D eigenvalue weighted by Gasteiger charge is -2.06. The van der Waals surface area contributed by atoms with E-state index >= 15 is 0 Å². The number of aromatic amines is 1. The normalized spacial score (nSPS) is 10.6. The van der Waals surface area contributed by atoms with Crippen molar-refractivity contribution < 1.29 is 9.53 Å². The highest BCUT2D eigenvalue weighted by Gasteiger charge is 2.08. The Labute approximate surface area is 161 Å². The minimum Gasteiger partial charge on any atom is -0.457 e. The number of hydrogen-bond acceptors (Lipinski definition) is 5. The van der Waals surface area contributed by atoms with Crippen LogP contribution in [-0.2, 0) is 6.54 Å². The Kier molecular flexibility index (Phi) is 4.88. The average molecular weight is 373 g/mol. The van der Waals surface area contributed by atoms with Gasteiger partial charge in [-0.05, 0) is 23.8 Å². The molecule has 2 aromatic carbocycles. The first kappa shape index (κ1) is 17.5. The number of anilines is 1. The number of H-pyrrole nitrogens is 1. The molecule has 7 heteroatoms. The number of hydrogen-bond donors (Lipinski definition) is 3. The van der Waals surface area contributed by atoms with Crippen molar-refractivity contribution in [1.82, 2.24) is 20.3 Å². The SMILES string of the molecule is CNC(=O)c1cc(Oc2ccc3nc(NCc4ccccc4)[nH]c3c2)ccn1. The third kappa shape index (κ3) is 3.93. The molecule has 1 amide bonds. The van der Waals surface area contributed by atoms with Crippen LogP contribution in [-0.4, -0.2) is 27.9 Å². The van der Waals surface area contributed by atoms with Crippen molar-refractivity contribution in [1.29, 1.82) is 0 Å². The summed E-state index contributed by atoms with van der Waals surface area (Å²) in [5, 5.41) is 5.83. The largest absolute Gasteiger partial charge is 0.457 e. The van der Waals surface area contributed by atoms with Gasteiger partial charge in [-0.1, -0.05) is 30.3 Å². The molecule has 0 aliphatic rings. The molecule has 2 heterocycles. The smallest absolute Gasteiger partial charge is 0.269 e. The summed E-state index contributed by atoms with van der Waals surface area (Å²) < 4.78 is 5.87. The Bertz CT molecular complexity index is 1110. The van der Waals surface area contributed by atoms with E-state index in [2.05, 4.69) is 37.7 Å². The maximum Gasteiger partial charge on any atom is 0.269 e. The van der Waals surface area contributed by atoms with E-state index < -0.39 is 0 Å². The molecule has 3 N–H and O–H groups in total. The van der Waals surface area contributed by atoms with Gasteiger partial charge in [-0.15, -0.1) is 0 Å². The van der Waals surface area contributed by atoms with Crippen LogP contribution in [0.2, 0.25) is 0 Å². The molecule has 0 atom stereocenters. The molecule has 0 fully saturated rings. The molecule has 0 saturated carbocycles. The highest BCUT2D eigenvalue weighted by Crippen LogP contribution is 2.25. The number of fused-ring (bicyclic) bond motifs is 1. The van der Waals surface area contributed by atoms with E-state index in [1.807, 2.05) is 36.4 Å². The maximum atomic E-state index is 11.7. The number of carbonyl (C=O) groups excluding carboxylic acids is 1. The molecule has 4 aromatic rings. The molecule has 0 bridgehead atoms. The number of amides is 1. The van der Waals surface area contributed by atoms with Crippen molar-refractivity contribution in [2.24, 2.45) is 0 Å². The lowest BCUT2D eigenvalue weighted by Crippen LogP contribution is -2.18. The van der Waals surface area contributed by atoms with Crippen LogP contribution in [0.3, 0.4) is 0 Å². The molecule has 4 rings (SSSR count). The molecule has 0 radical (unpaired) electrons. The molecular weight excluding hydrogens is 354 g/mol. The molecule has 2 aromatic heterocycles. The second kappa shape index (κ2) is 7.79. The van der Waals surface area contributed by atoms with E-state index in [4.69, 9.17) is 4.74 Å². The number of imidazole rings is 1. The first-order valence-electron chi connectivity index (χ1n) is 8.85. The maximum absolute atomic E-state index is 11.7. The van der Waals surface area contributed by atoms with Crippen molar-refractivity contribution in [3.63, 3.8) is 0 Å². The molecular formula is C21H19N5O2. The van der Waals surface area contributed by atoms with Crippen molar-refractivity contribution in [2.75, 3.05) is 12.4 Å². The minimum absolute atomic E-state index is 0.261. The van der Waals surface area contributed by atoms with Gasteiger partial charge in [0.1, 0.15) is 17.2 Å². The van der Waals surface area contributed by atoms with Crippen molar-refractivity contribution in [3.8, 4) is 11.5 Å². The van der Waals surface area contributed by atoms with Gasteiger partial charge >= 0.3 is 0 Å². The van der Waals surface area contributed by atoms with Crippen LogP contribution < -0.4 is 15.4 Å². The predicted molar refractivity (Wildman–Crippen MR) is 108 cm³/mol. The molecule has 28 heavy (non-hydrogen) atoms. The van der Waals surface area contributed by atoms with Gasteiger partial charge in [0.15, 0.2) is 0 Å². The third-order valence-corrected chi connectivity index (χ3v) is 4.18. The lowest BCUT2D eigenvalue weighted by molar-refractivity contribution is 0.0958. The predicted octanol–water partition coefficient (Wildman–Crippen LogP) is 3.72. The number of nitrogens with one attached hydrogen (secondary N) is 3. The highest BCUT2D eigenvalue weighted by atomic mass is 16.5. The Morgan fingerprint density at radius 3 is 2.71 bits per heavy atom. The molecule has 0 aliphatic heterocycles. The molecule has 0 aliphatic carbocycles. The van der Waals surface area contributed by atoms with Crippen LogP contribution in [0.1, 0.15) is 16.1 Å². The summed E-state index contributed by atoms with van der Waals surface area (Å²) in [5.74, 6) is 1.61. The zero-order valence-electron chi connectivity index (χ0n) is 15.3. The van der Waals surface area contributed by atoms with Gasteiger partial charge < -0.3 is 20.4 Å². The first-order valence-corrected chi connectivity index (χ1v) is 8.85. The fraction of sp³-hybridized carbons (Fsp3) is 0.0952. The minimum atomic E-state index is -0.261. The Balaban J connectivity index is 1.49. The van der Waals surface area contributed by atoms with E-state index in [0.717, 1.165) is 11.0 Å². The van der Waals surface area contributed by atoms with Crippen LogP contribution in [0.4, 0.5) is 5.95 Å².